The van der Waals surface area contributed by atoms with Gasteiger partial charge in [-0.05, 0) is 58.1 Å². The summed E-state index contributed by atoms with van der Waals surface area (Å²) >= 11 is 1.96. The van der Waals surface area contributed by atoms with Gasteiger partial charge in [-0.3, -0.25) is 4.90 Å². The average Bonchev–Trinajstić information content (AvgIpc) is 3.15. The van der Waals surface area contributed by atoms with Gasteiger partial charge in [-0.2, -0.15) is 0 Å². The standard InChI is InChI=1S/C16H26N2S/c1-12(10-15-7-4-13(2)19-15)18-9-8-17-16(3,11-18)14-5-6-14/h4,7,12,14,17H,5-6,8-11H2,1-3H3. The number of nitrogens with one attached hydrogen (secondary N) is 1. The lowest BCUT2D eigenvalue weighted by atomic mass is 9.92. The van der Waals surface area contributed by atoms with Crippen molar-refractivity contribution in [1.29, 1.82) is 0 Å². The van der Waals surface area contributed by atoms with E-state index in [1.54, 1.807) is 0 Å². The highest BCUT2D eigenvalue weighted by molar-refractivity contribution is 7.11. The second-order valence-corrected chi connectivity index (χ2v) is 8.03. The molecule has 1 N–H and O–H groups in total. The fourth-order valence-electron chi connectivity index (χ4n) is 3.43. The molecule has 1 aliphatic carbocycles. The summed E-state index contributed by atoms with van der Waals surface area (Å²) in [6, 6.07) is 5.22. The van der Waals surface area contributed by atoms with Crippen molar-refractivity contribution in [2.75, 3.05) is 19.6 Å². The van der Waals surface area contributed by atoms with Gasteiger partial charge >= 0.3 is 0 Å². The maximum absolute atomic E-state index is 3.77. The van der Waals surface area contributed by atoms with E-state index in [4.69, 9.17) is 0 Å². The van der Waals surface area contributed by atoms with Gasteiger partial charge in [0.05, 0.1) is 0 Å². The van der Waals surface area contributed by atoms with Gasteiger partial charge in [0.2, 0.25) is 0 Å². The Balaban J connectivity index is 1.61. The Morgan fingerprint density at radius 3 is 2.89 bits per heavy atom. The molecular weight excluding hydrogens is 252 g/mol. The fraction of sp³-hybridized carbons (Fsp3) is 0.750. The lowest BCUT2D eigenvalue weighted by Gasteiger charge is -2.44. The van der Waals surface area contributed by atoms with Crippen LogP contribution in [0.1, 0.15) is 36.4 Å². The Morgan fingerprint density at radius 2 is 2.26 bits per heavy atom. The molecule has 1 saturated heterocycles. The van der Waals surface area contributed by atoms with Gasteiger partial charge in [-0.15, -0.1) is 11.3 Å². The maximum atomic E-state index is 3.77. The number of hydrogen-bond acceptors (Lipinski definition) is 3. The largest absolute Gasteiger partial charge is 0.309 e. The molecule has 19 heavy (non-hydrogen) atoms. The Labute approximate surface area is 121 Å². The molecule has 0 radical (unpaired) electrons. The number of nitrogens with zero attached hydrogens (tertiary/aromatic N) is 1. The first-order valence-corrected chi connectivity index (χ1v) is 8.43. The molecule has 106 valence electrons. The zero-order valence-electron chi connectivity index (χ0n) is 12.4. The molecule has 1 aromatic rings. The van der Waals surface area contributed by atoms with Crippen LogP contribution >= 0.6 is 11.3 Å². The van der Waals surface area contributed by atoms with E-state index in [0.29, 0.717) is 11.6 Å². The van der Waals surface area contributed by atoms with Crippen LogP contribution in [-0.4, -0.2) is 36.1 Å². The van der Waals surface area contributed by atoms with Gasteiger partial charge in [-0.25, -0.2) is 0 Å². The van der Waals surface area contributed by atoms with Gasteiger partial charge in [0.1, 0.15) is 0 Å². The summed E-state index contributed by atoms with van der Waals surface area (Å²) in [6.45, 7) is 10.6. The molecule has 2 heterocycles. The number of hydrogen-bond donors (Lipinski definition) is 1. The summed E-state index contributed by atoms with van der Waals surface area (Å²) in [4.78, 5) is 5.67. The number of rotatable bonds is 4. The Morgan fingerprint density at radius 1 is 1.47 bits per heavy atom. The second kappa shape index (κ2) is 5.19. The van der Waals surface area contributed by atoms with Crippen molar-refractivity contribution in [3.63, 3.8) is 0 Å². The number of thiophene rings is 1. The van der Waals surface area contributed by atoms with Gasteiger partial charge in [-0.1, -0.05) is 0 Å². The van der Waals surface area contributed by atoms with Crippen LogP contribution in [0.3, 0.4) is 0 Å². The molecule has 2 nitrogen and oxygen atoms in total. The SMILES string of the molecule is Cc1ccc(CC(C)N2CCNC(C)(C3CC3)C2)s1. The van der Waals surface area contributed by atoms with Gasteiger partial charge in [0, 0.05) is 41.0 Å². The Hall–Kier alpha value is -0.380. The van der Waals surface area contributed by atoms with Crippen molar-refractivity contribution in [2.24, 2.45) is 5.92 Å². The van der Waals surface area contributed by atoms with E-state index >= 15 is 0 Å². The van der Waals surface area contributed by atoms with Crippen LogP contribution in [0.2, 0.25) is 0 Å². The second-order valence-electron chi connectivity index (χ2n) is 6.65. The Kier molecular flexibility index (Phi) is 3.71. The monoisotopic (exact) mass is 278 g/mol. The van der Waals surface area contributed by atoms with Crippen LogP contribution in [-0.2, 0) is 6.42 Å². The van der Waals surface area contributed by atoms with Gasteiger partial charge in [0.15, 0.2) is 0 Å². The predicted molar refractivity (Wildman–Crippen MR) is 82.9 cm³/mol. The lowest BCUT2D eigenvalue weighted by Crippen LogP contribution is -2.61. The average molecular weight is 278 g/mol. The normalized spacial score (nSPS) is 30.5. The van der Waals surface area contributed by atoms with Crippen LogP contribution < -0.4 is 5.32 Å². The molecule has 1 saturated carbocycles. The molecular formula is C16H26N2S. The van der Waals surface area contributed by atoms with Crippen LogP contribution in [0.15, 0.2) is 12.1 Å². The first kappa shape index (κ1) is 13.6. The molecule has 1 aliphatic heterocycles. The van der Waals surface area contributed by atoms with Crippen molar-refractivity contribution in [3.8, 4) is 0 Å². The zero-order chi connectivity index (χ0) is 13.5. The third kappa shape index (κ3) is 3.04. The molecule has 1 aromatic heterocycles. The highest BCUT2D eigenvalue weighted by Crippen LogP contribution is 2.41. The summed E-state index contributed by atoms with van der Waals surface area (Å²) in [5.74, 6) is 0.923. The number of aryl methyl sites for hydroxylation is 1. The highest BCUT2D eigenvalue weighted by atomic mass is 32.1. The summed E-state index contributed by atoms with van der Waals surface area (Å²) < 4.78 is 0. The summed E-state index contributed by atoms with van der Waals surface area (Å²) in [6.07, 6.45) is 4.06. The van der Waals surface area contributed by atoms with Crippen molar-refractivity contribution in [2.45, 2.75) is 51.6 Å². The molecule has 2 atom stereocenters. The van der Waals surface area contributed by atoms with E-state index in [9.17, 15) is 0 Å². The summed E-state index contributed by atoms with van der Waals surface area (Å²) in [5, 5.41) is 3.77. The molecule has 0 bridgehead atoms. The van der Waals surface area contributed by atoms with E-state index in [1.807, 2.05) is 11.3 Å². The third-order valence-corrected chi connectivity index (χ3v) is 5.88. The molecule has 0 aromatic carbocycles. The van der Waals surface area contributed by atoms with Gasteiger partial charge < -0.3 is 5.32 Å². The van der Waals surface area contributed by atoms with Crippen molar-refractivity contribution in [1.82, 2.24) is 10.2 Å². The van der Waals surface area contributed by atoms with Crippen molar-refractivity contribution >= 4 is 11.3 Å². The molecule has 0 amide bonds. The molecule has 3 rings (SSSR count). The minimum atomic E-state index is 0.373. The summed E-state index contributed by atoms with van der Waals surface area (Å²) in [7, 11) is 0. The smallest absolute Gasteiger partial charge is 0.0309 e. The summed E-state index contributed by atoms with van der Waals surface area (Å²) in [5.41, 5.74) is 0.373. The zero-order valence-corrected chi connectivity index (χ0v) is 13.2. The molecule has 2 unspecified atom stereocenters. The molecule has 0 spiro atoms. The van der Waals surface area contributed by atoms with E-state index in [-0.39, 0.29) is 0 Å². The first-order valence-electron chi connectivity index (χ1n) is 7.61. The predicted octanol–water partition coefficient (Wildman–Crippen LogP) is 3.06. The van der Waals surface area contributed by atoms with E-state index in [1.165, 1.54) is 42.1 Å². The minimum Gasteiger partial charge on any atom is -0.309 e. The molecule has 2 fully saturated rings. The number of piperazine rings is 1. The minimum absolute atomic E-state index is 0.373. The van der Waals surface area contributed by atoms with Crippen LogP contribution in [0, 0.1) is 12.8 Å². The van der Waals surface area contributed by atoms with Crippen molar-refractivity contribution in [3.05, 3.63) is 21.9 Å². The van der Waals surface area contributed by atoms with Crippen molar-refractivity contribution < 1.29 is 0 Å². The van der Waals surface area contributed by atoms with E-state index < -0.39 is 0 Å². The maximum Gasteiger partial charge on any atom is 0.0309 e. The molecule has 2 aliphatic rings. The van der Waals surface area contributed by atoms with Crippen LogP contribution in [0.5, 0.6) is 0 Å². The van der Waals surface area contributed by atoms with E-state index in [2.05, 4.69) is 43.1 Å². The quantitative estimate of drug-likeness (QED) is 0.910. The Bertz CT molecular complexity index is 438. The topological polar surface area (TPSA) is 15.3 Å². The highest BCUT2D eigenvalue weighted by Gasteiger charge is 2.44. The van der Waals surface area contributed by atoms with E-state index in [0.717, 1.165) is 12.5 Å². The fourth-order valence-corrected chi connectivity index (χ4v) is 4.44. The van der Waals surface area contributed by atoms with Gasteiger partial charge in [0.25, 0.3) is 0 Å². The van der Waals surface area contributed by atoms with Crippen LogP contribution in [0.25, 0.3) is 0 Å². The lowest BCUT2D eigenvalue weighted by molar-refractivity contribution is 0.0948. The van der Waals surface area contributed by atoms with Crippen LogP contribution in [0.4, 0.5) is 0 Å². The molecule has 3 heteroatoms. The third-order valence-electron chi connectivity index (χ3n) is 4.85. The first-order chi connectivity index (χ1) is 9.07.